The molecule has 1 heterocycles. The zero-order chi connectivity index (χ0) is 22.0. The minimum atomic E-state index is -4.35. The van der Waals surface area contributed by atoms with Gasteiger partial charge in [0.1, 0.15) is 5.75 Å². The van der Waals surface area contributed by atoms with E-state index < -0.39 is 12.8 Å². The summed E-state index contributed by atoms with van der Waals surface area (Å²) >= 11 is 0. The van der Waals surface area contributed by atoms with Crippen LogP contribution in [0.15, 0.2) is 52.3 Å². The topological polar surface area (TPSA) is 67.7 Å². The van der Waals surface area contributed by atoms with Crippen LogP contribution in [0.25, 0.3) is 0 Å². The molecule has 0 unspecified atom stereocenters. The Morgan fingerprint density at radius 3 is 2.42 bits per heavy atom. The number of guanidine groups is 1. The van der Waals surface area contributed by atoms with Crippen LogP contribution in [-0.4, -0.2) is 36.9 Å². The third-order valence-electron chi connectivity index (χ3n) is 4.38. The maximum absolute atomic E-state index is 12.2. The van der Waals surface area contributed by atoms with Crippen LogP contribution in [0.2, 0.25) is 0 Å². The number of halogens is 4. The molecule has 2 rings (SSSR count). The minimum absolute atomic E-state index is 0. The molecule has 0 aliphatic carbocycles. The number of aromatic nitrogens is 1. The first-order valence-corrected chi connectivity index (χ1v) is 9.68. The molecule has 1 aromatic heterocycles. The number of rotatable bonds is 9. The number of unbranched alkanes of at least 4 members (excludes halogenated alkanes) is 1. The van der Waals surface area contributed by atoms with Crippen LogP contribution < -0.4 is 20.9 Å². The molecule has 0 aliphatic heterocycles. The van der Waals surface area contributed by atoms with Crippen molar-refractivity contribution in [2.75, 3.05) is 20.2 Å². The molecule has 2 N–H and O–H groups in total. The van der Waals surface area contributed by atoms with Gasteiger partial charge in [-0.05, 0) is 43.5 Å². The summed E-state index contributed by atoms with van der Waals surface area (Å²) in [5.74, 6) is 0.798. The summed E-state index contributed by atoms with van der Waals surface area (Å²) < 4.78 is 43.0. The van der Waals surface area contributed by atoms with Crippen LogP contribution in [-0.2, 0) is 13.1 Å². The van der Waals surface area contributed by atoms with Gasteiger partial charge in [0, 0.05) is 38.4 Å². The summed E-state index contributed by atoms with van der Waals surface area (Å²) in [4.78, 5) is 16.0. The lowest BCUT2D eigenvalue weighted by Gasteiger charge is -2.13. The number of nitrogens with zero attached hydrogens (tertiary/aromatic N) is 2. The Morgan fingerprint density at radius 1 is 1.10 bits per heavy atom. The fourth-order valence-corrected chi connectivity index (χ4v) is 2.79. The Kier molecular flexibility index (Phi) is 11.4. The van der Waals surface area contributed by atoms with Crippen molar-refractivity contribution in [1.82, 2.24) is 15.2 Å². The van der Waals surface area contributed by atoms with Gasteiger partial charge in [-0.1, -0.05) is 18.2 Å². The van der Waals surface area contributed by atoms with E-state index in [0.29, 0.717) is 25.6 Å². The summed E-state index contributed by atoms with van der Waals surface area (Å²) in [6.45, 7) is 2.45. The molecule has 0 amide bonds. The Hall–Kier alpha value is -2.24. The molecule has 0 spiro atoms. The van der Waals surface area contributed by atoms with E-state index in [9.17, 15) is 18.0 Å². The molecule has 0 bridgehead atoms. The van der Waals surface area contributed by atoms with Crippen molar-refractivity contribution in [3.05, 3.63) is 64.1 Å². The van der Waals surface area contributed by atoms with E-state index in [1.807, 2.05) is 13.0 Å². The normalized spacial score (nSPS) is 11.6. The van der Waals surface area contributed by atoms with Gasteiger partial charge >= 0.3 is 6.18 Å². The molecule has 1 aromatic carbocycles. The van der Waals surface area contributed by atoms with Crippen LogP contribution >= 0.6 is 24.0 Å². The first-order valence-electron chi connectivity index (χ1n) is 9.68. The summed E-state index contributed by atoms with van der Waals surface area (Å²) in [5, 5.41) is 6.36. The molecule has 31 heavy (non-hydrogen) atoms. The number of benzene rings is 1. The molecule has 0 fully saturated rings. The molecule has 10 heteroatoms. The smallest absolute Gasteiger partial charge is 0.422 e. The van der Waals surface area contributed by atoms with Crippen LogP contribution in [0.4, 0.5) is 13.2 Å². The molecule has 0 atom stereocenters. The molecular formula is C21H28F3IN4O2. The lowest BCUT2D eigenvalue weighted by Crippen LogP contribution is -2.37. The standard InChI is InChI=1S/C21H27F3N4O2.HI/c1-16-6-5-7-19(29)28(16)13-4-3-12-26-20(25-2)27-14-17-8-10-18(11-9-17)30-15-21(22,23)24;/h5-11H,3-4,12-15H2,1-2H3,(H2,25,26,27);1H. The minimum Gasteiger partial charge on any atom is -0.484 e. The molecule has 0 aliphatic rings. The Morgan fingerprint density at radius 2 is 1.81 bits per heavy atom. The number of hydrogen-bond donors (Lipinski definition) is 2. The third kappa shape index (κ3) is 10.1. The largest absolute Gasteiger partial charge is 0.484 e. The van der Waals surface area contributed by atoms with Gasteiger partial charge in [-0.3, -0.25) is 9.79 Å². The van der Waals surface area contributed by atoms with Crippen LogP contribution in [0.5, 0.6) is 5.75 Å². The van der Waals surface area contributed by atoms with Crippen molar-refractivity contribution in [3.8, 4) is 5.75 Å². The number of aliphatic imine (C=N–C) groups is 1. The number of hydrogen-bond acceptors (Lipinski definition) is 3. The van der Waals surface area contributed by atoms with Crippen LogP contribution in [0.1, 0.15) is 24.1 Å². The highest BCUT2D eigenvalue weighted by Gasteiger charge is 2.28. The lowest BCUT2D eigenvalue weighted by atomic mass is 10.2. The predicted molar refractivity (Wildman–Crippen MR) is 126 cm³/mol. The van der Waals surface area contributed by atoms with Crippen LogP contribution in [0, 0.1) is 6.92 Å². The van der Waals surface area contributed by atoms with Crippen molar-refractivity contribution < 1.29 is 17.9 Å². The summed E-state index contributed by atoms with van der Waals surface area (Å²) in [7, 11) is 1.66. The summed E-state index contributed by atoms with van der Waals surface area (Å²) in [6, 6.07) is 11.7. The fourth-order valence-electron chi connectivity index (χ4n) is 2.79. The van der Waals surface area contributed by atoms with E-state index in [1.165, 1.54) is 12.1 Å². The van der Waals surface area contributed by atoms with Gasteiger partial charge < -0.3 is 19.9 Å². The molecule has 2 aromatic rings. The lowest BCUT2D eigenvalue weighted by molar-refractivity contribution is -0.153. The maximum atomic E-state index is 12.2. The zero-order valence-corrected chi connectivity index (χ0v) is 19.9. The van der Waals surface area contributed by atoms with E-state index in [2.05, 4.69) is 15.6 Å². The van der Waals surface area contributed by atoms with Gasteiger partial charge in [0.15, 0.2) is 12.6 Å². The number of pyridine rings is 1. The second-order valence-electron chi connectivity index (χ2n) is 6.76. The van der Waals surface area contributed by atoms with E-state index >= 15 is 0 Å². The van der Waals surface area contributed by atoms with Gasteiger partial charge in [0.2, 0.25) is 0 Å². The molecule has 0 saturated carbocycles. The van der Waals surface area contributed by atoms with Gasteiger partial charge in [0.25, 0.3) is 5.56 Å². The van der Waals surface area contributed by atoms with E-state index in [-0.39, 0.29) is 35.3 Å². The van der Waals surface area contributed by atoms with E-state index in [0.717, 1.165) is 24.1 Å². The molecule has 0 radical (unpaired) electrons. The van der Waals surface area contributed by atoms with Gasteiger partial charge in [-0.2, -0.15) is 13.2 Å². The highest BCUT2D eigenvalue weighted by Crippen LogP contribution is 2.18. The average Bonchev–Trinajstić information content (AvgIpc) is 2.70. The first kappa shape index (κ1) is 26.8. The summed E-state index contributed by atoms with van der Waals surface area (Å²) in [6.07, 6.45) is -2.63. The average molecular weight is 552 g/mol. The highest BCUT2D eigenvalue weighted by atomic mass is 127. The fraction of sp³-hybridized carbons (Fsp3) is 0.429. The quantitative estimate of drug-likeness (QED) is 0.215. The van der Waals surface area contributed by atoms with E-state index in [4.69, 9.17) is 4.74 Å². The van der Waals surface area contributed by atoms with Crippen molar-refractivity contribution in [1.29, 1.82) is 0 Å². The van der Waals surface area contributed by atoms with Gasteiger partial charge in [-0.15, -0.1) is 24.0 Å². The van der Waals surface area contributed by atoms with Crippen molar-refractivity contribution in [3.63, 3.8) is 0 Å². The second kappa shape index (κ2) is 13.2. The Balaban J connectivity index is 0.00000480. The highest BCUT2D eigenvalue weighted by molar-refractivity contribution is 14.0. The third-order valence-corrected chi connectivity index (χ3v) is 4.38. The molecule has 6 nitrogen and oxygen atoms in total. The monoisotopic (exact) mass is 552 g/mol. The summed E-state index contributed by atoms with van der Waals surface area (Å²) in [5.41, 5.74) is 1.84. The number of alkyl halides is 3. The molecular weight excluding hydrogens is 524 g/mol. The molecule has 0 saturated heterocycles. The van der Waals surface area contributed by atoms with Crippen molar-refractivity contribution in [2.24, 2.45) is 4.99 Å². The Bertz CT molecular complexity index is 883. The van der Waals surface area contributed by atoms with Crippen molar-refractivity contribution >= 4 is 29.9 Å². The molecule has 172 valence electrons. The second-order valence-corrected chi connectivity index (χ2v) is 6.76. The Labute approximate surface area is 196 Å². The first-order chi connectivity index (χ1) is 14.3. The number of ether oxygens (including phenoxy) is 1. The van der Waals surface area contributed by atoms with Crippen molar-refractivity contribution in [2.45, 2.75) is 39.0 Å². The van der Waals surface area contributed by atoms with Gasteiger partial charge in [0.05, 0.1) is 0 Å². The number of nitrogens with one attached hydrogen (secondary N) is 2. The van der Waals surface area contributed by atoms with Gasteiger partial charge in [-0.25, -0.2) is 0 Å². The SMILES string of the molecule is CN=C(NCCCCn1c(C)cccc1=O)NCc1ccc(OCC(F)(F)F)cc1.I. The maximum Gasteiger partial charge on any atom is 0.422 e. The van der Waals surface area contributed by atoms with Crippen LogP contribution in [0.3, 0.4) is 0 Å². The zero-order valence-electron chi connectivity index (χ0n) is 17.5. The predicted octanol–water partition coefficient (Wildman–Crippen LogP) is 3.86. The van der Waals surface area contributed by atoms with E-state index in [1.54, 1.807) is 35.9 Å². The number of aryl methyl sites for hydroxylation is 1.